The number of hydrogen-bond donors (Lipinski definition) is 0. The first kappa shape index (κ1) is 24.7. The molecule has 0 aromatic heterocycles. The first-order chi connectivity index (χ1) is 16.5. The summed E-state index contributed by atoms with van der Waals surface area (Å²) in [5.41, 5.74) is 2.36. The summed E-state index contributed by atoms with van der Waals surface area (Å²) in [4.78, 5) is 16.5. The SMILES string of the molecule is C[Si+](C)OCc1cccc(N2CCC(C3CCN(C(=O)OCc4ccccc4)CC3)CC2)c1F. The molecule has 2 aliphatic heterocycles. The predicted molar refractivity (Wildman–Crippen MR) is 135 cm³/mol. The van der Waals surface area contributed by atoms with Crippen molar-refractivity contribution in [3.8, 4) is 0 Å². The molecule has 0 unspecified atom stereocenters. The fraction of sp³-hybridized carbons (Fsp3) is 0.519. The second kappa shape index (κ2) is 11.8. The van der Waals surface area contributed by atoms with Crippen LogP contribution in [-0.4, -0.2) is 46.2 Å². The Balaban J connectivity index is 1.22. The van der Waals surface area contributed by atoms with Crippen molar-refractivity contribution in [3.63, 3.8) is 0 Å². The van der Waals surface area contributed by atoms with Crippen LogP contribution in [-0.2, 0) is 22.4 Å². The standard InChI is InChI=1S/C27H36FN2O3Si/c1-34(2)33-20-24-9-6-10-25(26(24)28)29-15-11-22(12-16-29)23-13-17-30(18-14-23)27(31)32-19-21-7-4-3-5-8-21/h3-10,22-23H,11-20H2,1-2H3/q+1. The highest BCUT2D eigenvalue weighted by atomic mass is 28.3. The molecular weight excluding hydrogens is 447 g/mol. The van der Waals surface area contributed by atoms with Crippen LogP contribution < -0.4 is 4.90 Å². The third-order valence-corrected chi connectivity index (χ3v) is 7.85. The third kappa shape index (κ3) is 6.39. The van der Waals surface area contributed by atoms with E-state index in [1.54, 1.807) is 0 Å². The number of carbonyl (C=O) groups excluding carboxylic acids is 1. The van der Waals surface area contributed by atoms with Crippen LogP contribution in [0.4, 0.5) is 14.9 Å². The fourth-order valence-electron chi connectivity index (χ4n) is 5.12. The molecule has 2 aromatic carbocycles. The minimum atomic E-state index is -0.843. The van der Waals surface area contributed by atoms with Crippen LogP contribution in [0, 0.1) is 17.7 Å². The second-order valence-electron chi connectivity index (χ2n) is 9.64. The van der Waals surface area contributed by atoms with Gasteiger partial charge < -0.3 is 14.5 Å². The van der Waals surface area contributed by atoms with Crippen molar-refractivity contribution in [2.45, 2.75) is 52.0 Å². The maximum absolute atomic E-state index is 15.1. The van der Waals surface area contributed by atoms with Gasteiger partial charge in [0.25, 0.3) is 0 Å². The molecule has 0 atom stereocenters. The van der Waals surface area contributed by atoms with Crippen molar-refractivity contribution in [1.82, 2.24) is 4.90 Å². The van der Waals surface area contributed by atoms with Gasteiger partial charge in [-0.1, -0.05) is 42.5 Å². The van der Waals surface area contributed by atoms with Gasteiger partial charge in [-0.05, 0) is 49.1 Å². The lowest BCUT2D eigenvalue weighted by atomic mass is 9.79. The minimum absolute atomic E-state index is 0.133. The van der Waals surface area contributed by atoms with Crippen molar-refractivity contribution in [3.05, 3.63) is 65.5 Å². The van der Waals surface area contributed by atoms with Crippen LogP contribution in [0.25, 0.3) is 0 Å². The average molecular weight is 484 g/mol. The molecule has 34 heavy (non-hydrogen) atoms. The third-order valence-electron chi connectivity index (χ3n) is 7.12. The number of anilines is 1. The van der Waals surface area contributed by atoms with Gasteiger partial charge >= 0.3 is 15.1 Å². The van der Waals surface area contributed by atoms with Gasteiger partial charge in [-0.15, -0.1) is 0 Å². The van der Waals surface area contributed by atoms with Crippen LogP contribution >= 0.6 is 0 Å². The van der Waals surface area contributed by atoms with Crippen molar-refractivity contribution in [2.75, 3.05) is 31.1 Å². The summed E-state index contributed by atoms with van der Waals surface area (Å²) in [5.74, 6) is 1.13. The number of likely N-dealkylation sites (tertiary alicyclic amines) is 1. The zero-order valence-corrected chi connectivity index (χ0v) is 21.3. The molecule has 5 nitrogen and oxygen atoms in total. The Hall–Kier alpha value is -2.38. The molecule has 0 spiro atoms. The Labute approximate surface area is 204 Å². The molecule has 2 heterocycles. The number of benzene rings is 2. The molecule has 0 saturated carbocycles. The van der Waals surface area contributed by atoms with Crippen LogP contribution in [0.2, 0.25) is 13.1 Å². The van der Waals surface area contributed by atoms with Gasteiger partial charge in [0.05, 0.1) is 18.8 Å². The van der Waals surface area contributed by atoms with E-state index >= 15 is 4.39 Å². The molecule has 2 aliphatic rings. The maximum atomic E-state index is 15.1. The number of piperidine rings is 2. The Morgan fingerprint density at radius 3 is 2.21 bits per heavy atom. The van der Waals surface area contributed by atoms with Crippen molar-refractivity contribution in [2.24, 2.45) is 11.8 Å². The molecular formula is C27H36FN2O3Si+. The Kier molecular flexibility index (Phi) is 8.62. The minimum Gasteiger partial charge on any atom is -0.445 e. The summed E-state index contributed by atoms with van der Waals surface area (Å²) >= 11 is 0. The molecule has 2 aromatic rings. The summed E-state index contributed by atoms with van der Waals surface area (Å²) in [7, 11) is -0.843. The van der Waals surface area contributed by atoms with Crippen LogP contribution in [0.15, 0.2) is 48.5 Å². The summed E-state index contributed by atoms with van der Waals surface area (Å²) in [6.07, 6.45) is 3.96. The summed E-state index contributed by atoms with van der Waals surface area (Å²) in [6, 6.07) is 15.5. The van der Waals surface area contributed by atoms with Gasteiger partial charge in [0.2, 0.25) is 0 Å². The molecule has 4 rings (SSSR count). The largest absolute Gasteiger partial charge is 0.467 e. The number of halogens is 1. The van der Waals surface area contributed by atoms with E-state index < -0.39 is 9.04 Å². The molecule has 0 bridgehead atoms. The summed E-state index contributed by atoms with van der Waals surface area (Å²) in [5, 5.41) is 0. The number of ether oxygens (including phenoxy) is 1. The molecule has 0 N–H and O–H groups in total. The van der Waals surface area contributed by atoms with Crippen LogP contribution in [0.1, 0.15) is 36.8 Å². The van der Waals surface area contributed by atoms with Crippen molar-refractivity contribution < 1.29 is 18.3 Å². The quantitative estimate of drug-likeness (QED) is 0.463. The highest BCUT2D eigenvalue weighted by molar-refractivity contribution is 6.48. The topological polar surface area (TPSA) is 42.0 Å². The lowest BCUT2D eigenvalue weighted by Crippen LogP contribution is -2.43. The molecule has 0 aliphatic carbocycles. The van der Waals surface area contributed by atoms with Gasteiger partial charge in [0.15, 0.2) is 5.82 Å². The number of hydrogen-bond acceptors (Lipinski definition) is 4. The van der Waals surface area contributed by atoms with Gasteiger partial charge in [0, 0.05) is 31.7 Å². The van der Waals surface area contributed by atoms with E-state index in [-0.39, 0.29) is 11.9 Å². The van der Waals surface area contributed by atoms with E-state index in [4.69, 9.17) is 9.16 Å². The van der Waals surface area contributed by atoms with Crippen LogP contribution in [0.3, 0.4) is 0 Å². The second-order valence-corrected chi connectivity index (χ2v) is 11.7. The molecule has 2 fully saturated rings. The van der Waals surface area contributed by atoms with E-state index in [1.165, 1.54) is 0 Å². The monoisotopic (exact) mass is 483 g/mol. The van der Waals surface area contributed by atoms with Gasteiger partial charge in [0.1, 0.15) is 13.2 Å². The Bertz CT molecular complexity index is 927. The normalized spacial score (nSPS) is 17.6. The number of amides is 1. The van der Waals surface area contributed by atoms with Gasteiger partial charge in [-0.2, -0.15) is 0 Å². The number of nitrogens with zero attached hydrogens (tertiary/aromatic N) is 2. The lowest BCUT2D eigenvalue weighted by Gasteiger charge is -2.40. The Morgan fingerprint density at radius 2 is 1.56 bits per heavy atom. The van der Waals surface area contributed by atoms with Gasteiger partial charge in [-0.3, -0.25) is 0 Å². The summed E-state index contributed by atoms with van der Waals surface area (Å²) < 4.78 is 26.3. The first-order valence-electron chi connectivity index (χ1n) is 12.4. The first-order valence-corrected chi connectivity index (χ1v) is 14.8. The van der Waals surface area contributed by atoms with E-state index in [9.17, 15) is 4.79 Å². The molecule has 2 saturated heterocycles. The molecule has 0 radical (unpaired) electrons. The van der Waals surface area contributed by atoms with Crippen molar-refractivity contribution in [1.29, 1.82) is 0 Å². The number of carbonyl (C=O) groups is 1. The zero-order valence-electron chi connectivity index (χ0n) is 20.3. The highest BCUT2D eigenvalue weighted by Gasteiger charge is 2.32. The van der Waals surface area contributed by atoms with E-state index in [1.807, 2.05) is 53.4 Å². The highest BCUT2D eigenvalue weighted by Crippen LogP contribution is 2.35. The fourth-order valence-corrected chi connectivity index (χ4v) is 5.56. The van der Waals surface area contributed by atoms with Gasteiger partial charge in [-0.25, -0.2) is 13.6 Å². The number of rotatable bonds is 7. The van der Waals surface area contributed by atoms with E-state index in [2.05, 4.69) is 18.0 Å². The smallest absolute Gasteiger partial charge is 0.445 e. The lowest BCUT2D eigenvalue weighted by molar-refractivity contribution is 0.0732. The molecule has 182 valence electrons. The Morgan fingerprint density at radius 1 is 0.912 bits per heavy atom. The van der Waals surface area contributed by atoms with Crippen molar-refractivity contribution >= 4 is 20.8 Å². The molecule has 1 amide bonds. The maximum Gasteiger partial charge on any atom is 0.467 e. The van der Waals surface area contributed by atoms with Crippen LogP contribution in [0.5, 0.6) is 0 Å². The molecule has 7 heteroatoms. The zero-order chi connectivity index (χ0) is 23.9. The average Bonchev–Trinajstić information content (AvgIpc) is 2.87. The summed E-state index contributed by atoms with van der Waals surface area (Å²) in [6.45, 7) is 8.07. The van der Waals surface area contributed by atoms with E-state index in [0.717, 1.165) is 57.4 Å². The predicted octanol–water partition coefficient (Wildman–Crippen LogP) is 5.86. The van der Waals surface area contributed by atoms with E-state index in [0.29, 0.717) is 36.3 Å².